The first-order chi connectivity index (χ1) is 16.9. The number of halogens is 6. The number of primary amides is 1. The summed E-state index contributed by atoms with van der Waals surface area (Å²) in [5, 5.41) is 22.4. The molecule has 202 valence electrons. The molecule has 1 aliphatic rings. The van der Waals surface area contributed by atoms with Crippen LogP contribution in [-0.2, 0) is 10.4 Å². The molecule has 1 aromatic heterocycles. The first-order valence-corrected chi connectivity index (χ1v) is 10.8. The maximum Gasteiger partial charge on any atom is 0.430 e. The second kappa shape index (κ2) is 9.45. The molecule has 7 N–H and O–H groups in total. The van der Waals surface area contributed by atoms with Crippen LogP contribution in [0.1, 0.15) is 47.3 Å². The van der Waals surface area contributed by atoms with Gasteiger partial charge in [-0.25, -0.2) is 9.97 Å². The van der Waals surface area contributed by atoms with Crippen molar-refractivity contribution < 1.29 is 46.1 Å². The van der Waals surface area contributed by atoms with Crippen molar-refractivity contribution >= 4 is 17.6 Å². The number of hydrogen-bond donors (Lipinski definition) is 5. The van der Waals surface area contributed by atoms with Gasteiger partial charge in [-0.05, 0) is 44.2 Å². The van der Waals surface area contributed by atoms with E-state index in [0.29, 0.717) is 5.56 Å². The van der Waals surface area contributed by atoms with E-state index < -0.39 is 65.5 Å². The van der Waals surface area contributed by atoms with Crippen molar-refractivity contribution in [3.8, 4) is 11.3 Å². The lowest BCUT2D eigenvalue weighted by Gasteiger charge is -2.37. The van der Waals surface area contributed by atoms with Crippen LogP contribution in [0, 0.1) is 6.92 Å². The van der Waals surface area contributed by atoms with Crippen LogP contribution >= 0.6 is 0 Å². The van der Waals surface area contributed by atoms with Crippen LogP contribution in [0.3, 0.4) is 0 Å². The van der Waals surface area contributed by atoms with Gasteiger partial charge in [0.25, 0.3) is 17.4 Å². The lowest BCUT2D eigenvalue weighted by Crippen LogP contribution is -2.52. The van der Waals surface area contributed by atoms with Crippen LogP contribution in [0.15, 0.2) is 24.4 Å². The molecule has 9 nitrogen and oxygen atoms in total. The SMILES string of the molecule is Cc1ccc(C(O)(C(N)=O)C(F)(F)F)cc1-c1cnc(N)c(C(=O)N[C@H]2CC[C@@](O)(C(F)(F)F)CC2)n1. The fourth-order valence-electron chi connectivity index (χ4n) is 4.04. The number of carbonyl (C=O) groups excluding carboxylic acids is 2. The minimum Gasteiger partial charge on any atom is -0.382 e. The summed E-state index contributed by atoms with van der Waals surface area (Å²) in [4.78, 5) is 32.2. The lowest BCUT2D eigenvalue weighted by atomic mass is 9.81. The number of nitrogens with zero attached hydrogens (tertiary/aromatic N) is 2. The molecule has 1 heterocycles. The second-order valence-corrected chi connectivity index (χ2v) is 8.87. The number of nitrogens with two attached hydrogens (primary N) is 2. The Labute approximate surface area is 205 Å². The quantitative estimate of drug-likeness (QED) is 0.367. The first kappa shape index (κ1) is 28.1. The highest BCUT2D eigenvalue weighted by Gasteiger charge is 2.60. The van der Waals surface area contributed by atoms with Crippen LogP contribution in [0.5, 0.6) is 0 Å². The van der Waals surface area contributed by atoms with Crippen molar-refractivity contribution in [2.45, 2.75) is 62.2 Å². The number of rotatable bonds is 5. The molecule has 15 heteroatoms. The maximum absolute atomic E-state index is 13.5. The van der Waals surface area contributed by atoms with E-state index in [2.05, 4.69) is 15.3 Å². The van der Waals surface area contributed by atoms with Gasteiger partial charge in [-0.1, -0.05) is 12.1 Å². The number of aryl methyl sites for hydroxylation is 1. The molecular formula is C22H23F6N5O4. The zero-order valence-corrected chi connectivity index (χ0v) is 19.2. The molecule has 0 radical (unpaired) electrons. The Morgan fingerprint density at radius 1 is 1.14 bits per heavy atom. The van der Waals surface area contributed by atoms with Crippen LogP contribution in [-0.4, -0.2) is 56.0 Å². The zero-order chi connectivity index (χ0) is 28.0. The molecule has 1 aromatic carbocycles. The zero-order valence-electron chi connectivity index (χ0n) is 19.2. The summed E-state index contributed by atoms with van der Waals surface area (Å²) in [7, 11) is 0. The molecule has 1 atom stereocenters. The van der Waals surface area contributed by atoms with Gasteiger partial charge in [-0.2, -0.15) is 26.3 Å². The number of anilines is 1. The summed E-state index contributed by atoms with van der Waals surface area (Å²) in [5.74, 6) is -3.31. The molecule has 0 spiro atoms. The number of aromatic nitrogens is 2. The summed E-state index contributed by atoms with van der Waals surface area (Å²) < 4.78 is 79.5. The predicted octanol–water partition coefficient (Wildman–Crippen LogP) is 2.24. The average Bonchev–Trinajstić information content (AvgIpc) is 2.79. The first-order valence-electron chi connectivity index (χ1n) is 10.8. The molecule has 2 aromatic rings. The Hall–Kier alpha value is -3.46. The number of alkyl halides is 6. The minimum absolute atomic E-state index is 0.0316. The van der Waals surface area contributed by atoms with E-state index in [-0.39, 0.29) is 29.9 Å². The number of aliphatic hydroxyl groups is 2. The van der Waals surface area contributed by atoms with E-state index in [1.165, 1.54) is 13.0 Å². The van der Waals surface area contributed by atoms with Crippen LogP contribution in [0.2, 0.25) is 0 Å². The third-order valence-corrected chi connectivity index (χ3v) is 6.39. The highest BCUT2D eigenvalue weighted by Crippen LogP contribution is 2.42. The summed E-state index contributed by atoms with van der Waals surface area (Å²) >= 11 is 0. The number of nitrogens with one attached hydrogen (secondary N) is 1. The van der Waals surface area contributed by atoms with Crippen LogP contribution < -0.4 is 16.8 Å². The third kappa shape index (κ3) is 5.18. The molecule has 37 heavy (non-hydrogen) atoms. The summed E-state index contributed by atoms with van der Waals surface area (Å²) in [5.41, 5.74) is 2.56. The number of carbonyl (C=O) groups is 2. The number of hydrogen-bond acceptors (Lipinski definition) is 7. The molecule has 0 aliphatic heterocycles. The van der Waals surface area contributed by atoms with E-state index in [1.54, 1.807) is 0 Å². The molecule has 0 saturated heterocycles. The molecule has 1 fully saturated rings. The van der Waals surface area contributed by atoms with Gasteiger partial charge in [-0.3, -0.25) is 9.59 Å². The summed E-state index contributed by atoms with van der Waals surface area (Å²) in [6.45, 7) is 1.48. The fourth-order valence-corrected chi connectivity index (χ4v) is 4.04. The molecule has 0 bridgehead atoms. The normalized spacial score (nSPS) is 22.2. The monoisotopic (exact) mass is 535 g/mol. The fraction of sp³-hybridized carbons (Fsp3) is 0.455. The van der Waals surface area contributed by atoms with Gasteiger partial charge >= 0.3 is 12.4 Å². The highest BCUT2D eigenvalue weighted by atomic mass is 19.4. The Bertz CT molecular complexity index is 1210. The van der Waals surface area contributed by atoms with E-state index in [1.807, 2.05) is 0 Å². The van der Waals surface area contributed by atoms with Crippen molar-refractivity contribution in [3.05, 3.63) is 41.2 Å². The number of amides is 2. The predicted molar refractivity (Wildman–Crippen MR) is 116 cm³/mol. The van der Waals surface area contributed by atoms with Crippen molar-refractivity contribution in [2.75, 3.05) is 5.73 Å². The van der Waals surface area contributed by atoms with Crippen molar-refractivity contribution in [3.63, 3.8) is 0 Å². The van der Waals surface area contributed by atoms with E-state index in [0.717, 1.165) is 18.3 Å². The van der Waals surface area contributed by atoms with Gasteiger partial charge in [-0.15, -0.1) is 0 Å². The molecule has 2 amide bonds. The topological polar surface area (TPSA) is 164 Å². The number of nitrogen functional groups attached to an aromatic ring is 1. The second-order valence-electron chi connectivity index (χ2n) is 8.87. The Kier molecular flexibility index (Phi) is 7.18. The van der Waals surface area contributed by atoms with Crippen LogP contribution in [0.4, 0.5) is 32.2 Å². The van der Waals surface area contributed by atoms with E-state index >= 15 is 0 Å². The number of benzene rings is 1. The molecule has 1 unspecified atom stereocenters. The molecular weight excluding hydrogens is 512 g/mol. The van der Waals surface area contributed by atoms with E-state index in [4.69, 9.17) is 11.5 Å². The van der Waals surface area contributed by atoms with E-state index in [9.17, 15) is 46.1 Å². The highest BCUT2D eigenvalue weighted by molar-refractivity contribution is 5.97. The van der Waals surface area contributed by atoms with Gasteiger partial charge in [0.05, 0.1) is 11.9 Å². The van der Waals surface area contributed by atoms with Gasteiger partial charge in [0.15, 0.2) is 17.1 Å². The summed E-state index contributed by atoms with van der Waals surface area (Å²) in [6, 6.07) is 2.13. The summed E-state index contributed by atoms with van der Waals surface area (Å²) in [6.07, 6.45) is -10.8. The van der Waals surface area contributed by atoms with Crippen molar-refractivity contribution in [1.29, 1.82) is 0 Å². The Morgan fingerprint density at radius 2 is 1.73 bits per heavy atom. The van der Waals surface area contributed by atoms with Crippen LogP contribution in [0.25, 0.3) is 11.3 Å². The van der Waals surface area contributed by atoms with Crippen molar-refractivity contribution in [2.24, 2.45) is 5.73 Å². The molecule has 1 saturated carbocycles. The maximum atomic E-state index is 13.5. The average molecular weight is 535 g/mol. The van der Waals surface area contributed by atoms with Gasteiger partial charge in [0.1, 0.15) is 0 Å². The van der Waals surface area contributed by atoms with Gasteiger partial charge in [0, 0.05) is 17.2 Å². The minimum atomic E-state index is -5.44. The molecule has 1 aliphatic carbocycles. The molecule has 3 rings (SSSR count). The van der Waals surface area contributed by atoms with Gasteiger partial charge < -0.3 is 27.0 Å². The van der Waals surface area contributed by atoms with Gasteiger partial charge in [0.2, 0.25) is 0 Å². The Morgan fingerprint density at radius 3 is 2.24 bits per heavy atom. The van der Waals surface area contributed by atoms with Crippen molar-refractivity contribution in [1.82, 2.24) is 15.3 Å². The largest absolute Gasteiger partial charge is 0.430 e. The Balaban J connectivity index is 1.90. The third-order valence-electron chi connectivity index (χ3n) is 6.39. The standard InChI is InChI=1S/C22H23F6N5O4/c1-10-2-3-11(20(37,18(30)35)22(26,27)28)8-13(10)14-9-31-16(29)15(33-14)17(34)32-12-4-6-19(36,7-5-12)21(23,24)25/h2-3,8-9,12,36-37H,4-7H2,1H3,(H2,29,31)(H2,30,35)(H,32,34)/t12-,19-,20?. The lowest BCUT2D eigenvalue weighted by molar-refractivity contribution is -0.270. The smallest absolute Gasteiger partial charge is 0.382 e.